The van der Waals surface area contributed by atoms with Gasteiger partial charge in [0.25, 0.3) is 0 Å². The van der Waals surface area contributed by atoms with Crippen molar-refractivity contribution in [1.29, 1.82) is 0 Å². The van der Waals surface area contributed by atoms with E-state index >= 15 is 0 Å². The summed E-state index contributed by atoms with van der Waals surface area (Å²) in [6.45, 7) is 0. The minimum Gasteiger partial charge on any atom is -0.327 e. The molecule has 0 aromatic heterocycles. The fraction of sp³-hybridized carbons (Fsp3) is 1.00. The van der Waals surface area contributed by atoms with Crippen LogP contribution in [0, 0.1) is 5.92 Å². The summed E-state index contributed by atoms with van der Waals surface area (Å²) in [6.07, 6.45) is 10.3. The molecule has 0 amide bonds. The summed E-state index contributed by atoms with van der Waals surface area (Å²) in [6, 6.07) is 0.500. The zero-order valence-electron chi connectivity index (χ0n) is 8.09. The van der Waals surface area contributed by atoms with Crippen LogP contribution < -0.4 is 5.73 Å². The molecule has 0 aliphatic heterocycles. The van der Waals surface area contributed by atoms with Crippen LogP contribution in [0.15, 0.2) is 0 Å². The Morgan fingerprint density at radius 2 is 2.08 bits per heavy atom. The van der Waals surface area contributed by atoms with Gasteiger partial charge in [-0.2, -0.15) is 11.8 Å². The van der Waals surface area contributed by atoms with E-state index in [4.69, 9.17) is 5.73 Å². The lowest BCUT2D eigenvalue weighted by Crippen LogP contribution is -2.28. The van der Waals surface area contributed by atoms with E-state index < -0.39 is 0 Å². The molecule has 1 atom stereocenters. The first-order chi connectivity index (χ1) is 5.84. The summed E-state index contributed by atoms with van der Waals surface area (Å²) >= 11 is 1.93. The van der Waals surface area contributed by atoms with Gasteiger partial charge in [0.1, 0.15) is 0 Å². The smallest absolute Gasteiger partial charge is 0.00674 e. The number of nitrogens with two attached hydrogens (primary N) is 1. The van der Waals surface area contributed by atoms with Crippen LogP contribution in [-0.2, 0) is 0 Å². The molecule has 0 heterocycles. The van der Waals surface area contributed by atoms with E-state index in [-0.39, 0.29) is 0 Å². The average Bonchev–Trinajstić information content (AvgIpc) is 2.56. The molecule has 1 fully saturated rings. The van der Waals surface area contributed by atoms with E-state index in [1.54, 1.807) is 0 Å². The lowest BCUT2D eigenvalue weighted by molar-refractivity contribution is 0.408. The highest BCUT2D eigenvalue weighted by atomic mass is 32.2. The van der Waals surface area contributed by atoms with Crippen molar-refractivity contribution in [2.45, 2.75) is 44.6 Å². The van der Waals surface area contributed by atoms with Gasteiger partial charge in [-0.1, -0.05) is 12.8 Å². The zero-order valence-corrected chi connectivity index (χ0v) is 8.91. The molecule has 1 unspecified atom stereocenters. The summed E-state index contributed by atoms with van der Waals surface area (Å²) in [5, 5.41) is 0. The van der Waals surface area contributed by atoms with Crippen molar-refractivity contribution in [1.82, 2.24) is 0 Å². The second kappa shape index (κ2) is 5.87. The molecule has 1 nitrogen and oxygen atoms in total. The molecule has 0 aromatic carbocycles. The Balaban J connectivity index is 2.05. The van der Waals surface area contributed by atoms with E-state index in [9.17, 15) is 0 Å². The van der Waals surface area contributed by atoms with Gasteiger partial charge in [0, 0.05) is 6.04 Å². The maximum atomic E-state index is 6.11. The fourth-order valence-electron chi connectivity index (χ4n) is 2.08. The molecule has 0 bridgehead atoms. The van der Waals surface area contributed by atoms with Crippen molar-refractivity contribution < 1.29 is 0 Å². The van der Waals surface area contributed by atoms with Gasteiger partial charge in [0.05, 0.1) is 0 Å². The van der Waals surface area contributed by atoms with Crippen LogP contribution in [0.1, 0.15) is 38.5 Å². The largest absolute Gasteiger partial charge is 0.327 e. The molecule has 0 radical (unpaired) electrons. The Kier molecular flexibility index (Phi) is 5.08. The molecule has 0 spiro atoms. The number of rotatable bonds is 5. The maximum Gasteiger partial charge on any atom is 0.00674 e. The highest BCUT2D eigenvalue weighted by Crippen LogP contribution is 2.28. The van der Waals surface area contributed by atoms with Gasteiger partial charge in [0.2, 0.25) is 0 Å². The fourth-order valence-corrected chi connectivity index (χ4v) is 2.54. The predicted molar refractivity (Wildman–Crippen MR) is 57.5 cm³/mol. The summed E-state index contributed by atoms with van der Waals surface area (Å²) in [5.74, 6) is 2.13. The number of hydrogen-bond acceptors (Lipinski definition) is 2. The molecular weight excluding hydrogens is 166 g/mol. The second-order valence-electron chi connectivity index (χ2n) is 3.84. The molecule has 72 valence electrons. The van der Waals surface area contributed by atoms with Gasteiger partial charge in [-0.25, -0.2) is 0 Å². The summed E-state index contributed by atoms with van der Waals surface area (Å²) in [5.41, 5.74) is 6.11. The monoisotopic (exact) mass is 187 g/mol. The quantitative estimate of drug-likeness (QED) is 0.670. The first kappa shape index (κ1) is 10.4. The van der Waals surface area contributed by atoms with E-state index in [0.29, 0.717) is 6.04 Å². The van der Waals surface area contributed by atoms with E-state index in [1.807, 2.05) is 11.8 Å². The van der Waals surface area contributed by atoms with Crippen LogP contribution in [-0.4, -0.2) is 18.1 Å². The first-order valence-electron chi connectivity index (χ1n) is 5.09. The van der Waals surface area contributed by atoms with Crippen molar-refractivity contribution in [3.05, 3.63) is 0 Å². The van der Waals surface area contributed by atoms with Crippen molar-refractivity contribution >= 4 is 11.8 Å². The standard InChI is InChI=1S/C10H21NS/c1-12-8-4-7-10(11)9-5-2-3-6-9/h9-10H,2-8,11H2,1H3. The highest BCUT2D eigenvalue weighted by Gasteiger charge is 2.20. The van der Waals surface area contributed by atoms with Crippen molar-refractivity contribution in [3.63, 3.8) is 0 Å². The van der Waals surface area contributed by atoms with E-state index in [0.717, 1.165) is 5.92 Å². The average molecular weight is 187 g/mol. The third-order valence-electron chi connectivity index (χ3n) is 2.89. The van der Waals surface area contributed by atoms with Gasteiger partial charge in [0.15, 0.2) is 0 Å². The Labute approximate surface area is 80.5 Å². The van der Waals surface area contributed by atoms with Gasteiger partial charge < -0.3 is 5.73 Å². The molecule has 0 saturated heterocycles. The van der Waals surface area contributed by atoms with Crippen LogP contribution in [0.25, 0.3) is 0 Å². The van der Waals surface area contributed by atoms with E-state index in [2.05, 4.69) is 6.26 Å². The molecule has 1 saturated carbocycles. The molecular formula is C10H21NS. The molecule has 12 heavy (non-hydrogen) atoms. The van der Waals surface area contributed by atoms with Crippen LogP contribution in [0.2, 0.25) is 0 Å². The van der Waals surface area contributed by atoms with Gasteiger partial charge in [-0.05, 0) is 43.6 Å². The first-order valence-corrected chi connectivity index (χ1v) is 6.48. The lowest BCUT2D eigenvalue weighted by atomic mass is 9.95. The van der Waals surface area contributed by atoms with Gasteiger partial charge in [-0.15, -0.1) is 0 Å². The van der Waals surface area contributed by atoms with Crippen LogP contribution in [0.3, 0.4) is 0 Å². The lowest BCUT2D eigenvalue weighted by Gasteiger charge is -2.18. The molecule has 2 N–H and O–H groups in total. The third kappa shape index (κ3) is 3.36. The summed E-state index contributed by atoms with van der Waals surface area (Å²) in [4.78, 5) is 0. The van der Waals surface area contributed by atoms with Gasteiger partial charge in [-0.3, -0.25) is 0 Å². The van der Waals surface area contributed by atoms with Crippen molar-refractivity contribution in [2.75, 3.05) is 12.0 Å². The third-order valence-corrected chi connectivity index (χ3v) is 3.59. The Morgan fingerprint density at radius 3 is 2.67 bits per heavy atom. The summed E-state index contributed by atoms with van der Waals surface area (Å²) < 4.78 is 0. The topological polar surface area (TPSA) is 26.0 Å². The molecule has 1 aliphatic carbocycles. The number of hydrogen-bond donors (Lipinski definition) is 1. The minimum absolute atomic E-state index is 0.500. The normalized spacial score (nSPS) is 21.5. The Bertz CT molecular complexity index is 110. The molecule has 1 aliphatic rings. The molecule has 1 rings (SSSR count). The number of thioether (sulfide) groups is 1. The SMILES string of the molecule is CSCCCC(N)C1CCCC1. The Hall–Kier alpha value is 0.310. The minimum atomic E-state index is 0.500. The van der Waals surface area contributed by atoms with Crippen LogP contribution >= 0.6 is 11.8 Å². The molecule has 2 heteroatoms. The van der Waals surface area contributed by atoms with E-state index in [1.165, 1.54) is 44.3 Å². The second-order valence-corrected chi connectivity index (χ2v) is 4.83. The predicted octanol–water partition coefficient (Wildman–Crippen LogP) is 2.65. The van der Waals surface area contributed by atoms with Crippen LogP contribution in [0.4, 0.5) is 0 Å². The van der Waals surface area contributed by atoms with Gasteiger partial charge >= 0.3 is 0 Å². The Morgan fingerprint density at radius 1 is 1.42 bits per heavy atom. The van der Waals surface area contributed by atoms with Crippen LogP contribution in [0.5, 0.6) is 0 Å². The highest BCUT2D eigenvalue weighted by molar-refractivity contribution is 7.98. The maximum absolute atomic E-state index is 6.11. The van der Waals surface area contributed by atoms with Crippen molar-refractivity contribution in [2.24, 2.45) is 11.7 Å². The van der Waals surface area contributed by atoms with Crippen molar-refractivity contribution in [3.8, 4) is 0 Å². The molecule has 0 aromatic rings. The summed E-state index contributed by atoms with van der Waals surface area (Å²) in [7, 11) is 0. The zero-order chi connectivity index (χ0) is 8.81.